The first-order chi connectivity index (χ1) is 17.9. The number of fused-ring (bicyclic) bond motifs is 2. The Balaban J connectivity index is 1.30. The van der Waals surface area contributed by atoms with Crippen LogP contribution < -0.4 is 26.2 Å². The minimum Gasteiger partial charge on any atom is -0.457 e. The number of aromatic amines is 1. The smallest absolute Gasteiger partial charge is 0.278 e. The molecule has 0 atom stereocenters. The van der Waals surface area contributed by atoms with Crippen LogP contribution in [0.3, 0.4) is 0 Å². The van der Waals surface area contributed by atoms with E-state index < -0.39 is 0 Å². The highest BCUT2D eigenvalue weighted by atomic mass is 16.5. The molecule has 3 aromatic heterocycles. The number of imidazole rings is 1. The second-order valence-corrected chi connectivity index (χ2v) is 8.83. The van der Waals surface area contributed by atoms with Crippen molar-refractivity contribution < 1.29 is 9.47 Å². The van der Waals surface area contributed by atoms with Crippen LogP contribution in [0.4, 0.5) is 17.5 Å². The van der Waals surface area contributed by atoms with Crippen molar-refractivity contribution in [3.8, 4) is 11.5 Å². The van der Waals surface area contributed by atoms with Crippen molar-refractivity contribution in [1.29, 1.82) is 0 Å². The minimum absolute atomic E-state index is 0.0250. The van der Waals surface area contributed by atoms with Crippen LogP contribution in [0.1, 0.15) is 5.56 Å². The number of rotatable bonds is 5. The SMILES string of the molecule is [B]c1nc(Nc2ccc(Oc3ccc4c(c3)ncn4C)c(C)c2)c2nc(N3CCOCC3)[nH]c(=O)c2n1. The van der Waals surface area contributed by atoms with Crippen molar-refractivity contribution in [1.82, 2.24) is 29.5 Å². The van der Waals surface area contributed by atoms with Gasteiger partial charge in [-0.05, 0) is 42.8 Å². The van der Waals surface area contributed by atoms with E-state index in [-0.39, 0.29) is 16.8 Å². The van der Waals surface area contributed by atoms with Gasteiger partial charge in [-0.1, -0.05) is 0 Å². The zero-order valence-corrected chi connectivity index (χ0v) is 20.4. The Morgan fingerprint density at radius 1 is 1.08 bits per heavy atom. The van der Waals surface area contributed by atoms with Crippen molar-refractivity contribution in [2.24, 2.45) is 7.05 Å². The van der Waals surface area contributed by atoms with Crippen LogP contribution in [0, 0.1) is 6.92 Å². The molecule has 0 bridgehead atoms. The molecule has 6 rings (SSSR count). The summed E-state index contributed by atoms with van der Waals surface area (Å²) in [6.07, 6.45) is 1.77. The Bertz CT molecular complexity index is 1690. The van der Waals surface area contributed by atoms with Crippen LogP contribution in [-0.2, 0) is 11.8 Å². The average Bonchev–Trinajstić information content (AvgIpc) is 3.26. The summed E-state index contributed by atoms with van der Waals surface area (Å²) in [5, 5.41) is 3.25. The molecule has 1 saturated heterocycles. The molecule has 184 valence electrons. The van der Waals surface area contributed by atoms with Crippen LogP contribution in [0.15, 0.2) is 47.5 Å². The molecule has 5 aromatic rings. The maximum atomic E-state index is 12.8. The van der Waals surface area contributed by atoms with Gasteiger partial charge >= 0.3 is 0 Å². The lowest BCUT2D eigenvalue weighted by Crippen LogP contribution is -2.38. The first kappa shape index (κ1) is 23.0. The number of hydrogen-bond donors (Lipinski definition) is 2. The van der Waals surface area contributed by atoms with E-state index in [2.05, 4.69) is 30.2 Å². The Morgan fingerprint density at radius 2 is 1.92 bits per heavy atom. The van der Waals surface area contributed by atoms with Crippen molar-refractivity contribution in [3.63, 3.8) is 0 Å². The predicted molar refractivity (Wildman–Crippen MR) is 142 cm³/mol. The molecule has 2 radical (unpaired) electrons. The number of benzene rings is 2. The highest BCUT2D eigenvalue weighted by molar-refractivity contribution is 6.29. The number of nitrogens with one attached hydrogen (secondary N) is 2. The molecule has 0 unspecified atom stereocenters. The Labute approximate surface area is 212 Å². The fourth-order valence-electron chi connectivity index (χ4n) is 4.33. The molecular formula is C25H23BN8O3. The van der Waals surface area contributed by atoms with Gasteiger partial charge in [-0.15, -0.1) is 0 Å². The van der Waals surface area contributed by atoms with Gasteiger partial charge in [-0.25, -0.2) is 19.9 Å². The van der Waals surface area contributed by atoms with E-state index in [0.29, 0.717) is 55.1 Å². The molecule has 0 spiro atoms. The van der Waals surface area contributed by atoms with Crippen molar-refractivity contribution in [2.75, 3.05) is 36.5 Å². The molecule has 1 fully saturated rings. The molecule has 2 N–H and O–H groups in total. The van der Waals surface area contributed by atoms with Gasteiger partial charge in [0.25, 0.3) is 5.56 Å². The lowest BCUT2D eigenvalue weighted by Gasteiger charge is -2.27. The van der Waals surface area contributed by atoms with Gasteiger partial charge in [0.1, 0.15) is 17.0 Å². The zero-order valence-electron chi connectivity index (χ0n) is 20.4. The van der Waals surface area contributed by atoms with E-state index in [4.69, 9.17) is 17.3 Å². The van der Waals surface area contributed by atoms with Crippen molar-refractivity contribution >= 4 is 53.1 Å². The Hall–Kier alpha value is -4.45. The molecule has 0 aliphatic carbocycles. The molecular weight excluding hydrogens is 471 g/mol. The maximum Gasteiger partial charge on any atom is 0.278 e. The van der Waals surface area contributed by atoms with E-state index in [1.165, 1.54) is 0 Å². The second kappa shape index (κ2) is 9.21. The standard InChI is InChI=1S/C25H23BN8O3/c1-14-11-15(3-6-19(14)37-16-4-5-18-17(12-16)27-13-33(18)2)28-22-20-21(29-24(26)31-22)23(35)32-25(30-20)34-7-9-36-10-8-34/h3-6,11-13H,7-10H2,1-2H3,(H,28,29,31)(H,30,32,35). The van der Waals surface area contributed by atoms with Crippen LogP contribution >= 0.6 is 0 Å². The second-order valence-electron chi connectivity index (χ2n) is 8.83. The molecule has 4 heterocycles. The summed E-state index contributed by atoms with van der Waals surface area (Å²) in [5.41, 5.74) is 3.58. The summed E-state index contributed by atoms with van der Waals surface area (Å²) >= 11 is 0. The lowest BCUT2D eigenvalue weighted by atomic mass is 10.1. The van der Waals surface area contributed by atoms with Gasteiger partial charge in [0.05, 0.1) is 36.3 Å². The first-order valence-corrected chi connectivity index (χ1v) is 11.8. The normalized spacial score (nSPS) is 13.8. The van der Waals surface area contributed by atoms with Gasteiger partial charge in [0, 0.05) is 31.9 Å². The quantitative estimate of drug-likeness (QED) is 0.354. The molecule has 11 nitrogen and oxygen atoms in total. The minimum atomic E-state index is -0.381. The van der Waals surface area contributed by atoms with Crippen molar-refractivity contribution in [2.45, 2.75) is 6.92 Å². The van der Waals surface area contributed by atoms with Crippen LogP contribution in [-0.4, -0.2) is 63.6 Å². The van der Waals surface area contributed by atoms with E-state index >= 15 is 0 Å². The predicted octanol–water partition coefficient (Wildman–Crippen LogP) is 2.07. The van der Waals surface area contributed by atoms with E-state index in [9.17, 15) is 4.79 Å². The molecule has 37 heavy (non-hydrogen) atoms. The van der Waals surface area contributed by atoms with E-state index in [1.54, 1.807) is 6.33 Å². The summed E-state index contributed by atoms with van der Waals surface area (Å²) in [6, 6.07) is 11.5. The van der Waals surface area contributed by atoms with Crippen LogP contribution in [0.5, 0.6) is 11.5 Å². The third kappa shape index (κ3) is 4.47. The van der Waals surface area contributed by atoms with Gasteiger partial charge in [0.15, 0.2) is 19.2 Å². The molecule has 0 saturated carbocycles. The molecule has 1 aliphatic rings. The molecule has 2 aromatic carbocycles. The van der Waals surface area contributed by atoms with Gasteiger partial charge in [0.2, 0.25) is 5.95 Å². The summed E-state index contributed by atoms with van der Waals surface area (Å²) in [5.74, 6) is 2.19. The van der Waals surface area contributed by atoms with E-state index in [0.717, 1.165) is 22.3 Å². The van der Waals surface area contributed by atoms with Gasteiger partial charge in [-0.2, -0.15) is 0 Å². The largest absolute Gasteiger partial charge is 0.457 e. The number of aryl methyl sites for hydroxylation is 2. The third-order valence-electron chi connectivity index (χ3n) is 6.23. The Morgan fingerprint density at radius 3 is 2.73 bits per heavy atom. The zero-order chi connectivity index (χ0) is 25.5. The number of anilines is 3. The highest BCUT2D eigenvalue weighted by Crippen LogP contribution is 2.30. The van der Waals surface area contributed by atoms with Gasteiger partial charge in [-0.3, -0.25) is 9.78 Å². The number of nitrogens with zero attached hydrogens (tertiary/aromatic N) is 6. The fraction of sp³-hybridized carbons (Fsp3) is 0.240. The first-order valence-electron chi connectivity index (χ1n) is 11.8. The average molecular weight is 494 g/mol. The fourth-order valence-corrected chi connectivity index (χ4v) is 4.33. The summed E-state index contributed by atoms with van der Waals surface area (Å²) in [6.45, 7) is 4.33. The van der Waals surface area contributed by atoms with E-state index in [1.807, 2.05) is 59.8 Å². The van der Waals surface area contributed by atoms with Gasteiger partial charge < -0.3 is 24.3 Å². The number of aromatic nitrogens is 6. The number of hydrogen-bond acceptors (Lipinski definition) is 9. The number of morpholine rings is 1. The van der Waals surface area contributed by atoms with Crippen LogP contribution in [0.25, 0.3) is 22.1 Å². The molecule has 0 amide bonds. The number of H-pyrrole nitrogens is 1. The van der Waals surface area contributed by atoms with Crippen LogP contribution in [0.2, 0.25) is 0 Å². The van der Waals surface area contributed by atoms with Crippen molar-refractivity contribution in [3.05, 3.63) is 58.6 Å². The number of ether oxygens (including phenoxy) is 2. The third-order valence-corrected chi connectivity index (χ3v) is 6.23. The monoisotopic (exact) mass is 494 g/mol. The Kier molecular flexibility index (Phi) is 5.72. The maximum absolute atomic E-state index is 12.8. The lowest BCUT2D eigenvalue weighted by molar-refractivity contribution is 0.122. The molecule has 12 heteroatoms. The summed E-state index contributed by atoms with van der Waals surface area (Å²) in [7, 11) is 7.87. The summed E-state index contributed by atoms with van der Waals surface area (Å²) in [4.78, 5) is 35.1. The molecule has 1 aliphatic heterocycles. The topological polar surface area (TPSA) is 123 Å². The highest BCUT2D eigenvalue weighted by Gasteiger charge is 2.18. The summed E-state index contributed by atoms with van der Waals surface area (Å²) < 4.78 is 13.5.